The van der Waals surface area contributed by atoms with E-state index in [9.17, 15) is 4.39 Å². The van der Waals surface area contributed by atoms with Gasteiger partial charge in [0.25, 0.3) is 0 Å². The van der Waals surface area contributed by atoms with Gasteiger partial charge < -0.3 is 10.4 Å². The Balaban J connectivity index is 2.14. The van der Waals surface area contributed by atoms with Gasteiger partial charge in [0.2, 0.25) is 0 Å². The Morgan fingerprint density at radius 3 is 3.06 bits per heavy atom. The molecular formula is C13H18FNO. The topological polar surface area (TPSA) is 32.3 Å². The summed E-state index contributed by atoms with van der Waals surface area (Å²) in [7, 11) is 0. The molecule has 0 amide bonds. The van der Waals surface area contributed by atoms with Crippen LogP contribution >= 0.6 is 0 Å². The average Bonchev–Trinajstić information content (AvgIpc) is 2.71. The van der Waals surface area contributed by atoms with Crippen LogP contribution < -0.4 is 5.32 Å². The molecule has 1 aliphatic carbocycles. The molecule has 16 heavy (non-hydrogen) atoms. The molecule has 2 rings (SSSR count). The first kappa shape index (κ1) is 11.6. The van der Waals surface area contributed by atoms with E-state index in [1.165, 1.54) is 6.07 Å². The molecule has 0 fully saturated rings. The largest absolute Gasteiger partial charge is 0.395 e. The molecule has 0 radical (unpaired) electrons. The van der Waals surface area contributed by atoms with Crippen LogP contribution in [0, 0.1) is 5.82 Å². The zero-order chi connectivity index (χ0) is 11.5. The number of fused-ring (bicyclic) bond motifs is 1. The number of halogens is 1. The second-order valence-corrected chi connectivity index (χ2v) is 4.35. The Hall–Kier alpha value is -0.930. The van der Waals surface area contributed by atoms with Crippen molar-refractivity contribution in [1.82, 2.24) is 5.32 Å². The Bertz CT molecular complexity index is 363. The summed E-state index contributed by atoms with van der Waals surface area (Å²) in [6, 6.07) is 5.56. The Kier molecular flexibility index (Phi) is 3.56. The number of nitrogens with one attached hydrogen (secondary N) is 1. The lowest BCUT2D eigenvalue weighted by Crippen LogP contribution is -2.34. The van der Waals surface area contributed by atoms with Crippen LogP contribution in [0.3, 0.4) is 0 Å². The quantitative estimate of drug-likeness (QED) is 0.820. The summed E-state index contributed by atoms with van der Waals surface area (Å²) < 4.78 is 13.5. The fourth-order valence-corrected chi connectivity index (χ4v) is 2.37. The molecule has 0 saturated carbocycles. The maximum absolute atomic E-state index is 13.5. The number of hydrogen-bond acceptors (Lipinski definition) is 2. The normalized spacial score (nSPS) is 20.8. The van der Waals surface area contributed by atoms with Crippen LogP contribution in [0.4, 0.5) is 4.39 Å². The number of rotatable bonds is 4. The molecule has 0 aromatic heterocycles. The smallest absolute Gasteiger partial charge is 0.126 e. The monoisotopic (exact) mass is 223 g/mol. The van der Waals surface area contributed by atoms with Gasteiger partial charge in [-0.3, -0.25) is 0 Å². The third-order valence-electron chi connectivity index (χ3n) is 3.36. The highest BCUT2D eigenvalue weighted by atomic mass is 19.1. The number of hydrogen-bond donors (Lipinski definition) is 2. The van der Waals surface area contributed by atoms with Crippen molar-refractivity contribution in [3.8, 4) is 0 Å². The maximum Gasteiger partial charge on any atom is 0.126 e. The summed E-state index contributed by atoms with van der Waals surface area (Å²) >= 11 is 0. The zero-order valence-corrected chi connectivity index (χ0v) is 9.54. The molecule has 0 spiro atoms. The predicted octanol–water partition coefficient (Wildman–Crippen LogP) is 2.17. The van der Waals surface area contributed by atoms with Crippen molar-refractivity contribution in [2.75, 3.05) is 6.61 Å². The van der Waals surface area contributed by atoms with E-state index in [4.69, 9.17) is 5.11 Å². The highest BCUT2D eigenvalue weighted by Gasteiger charge is 2.25. The Labute approximate surface area is 95.5 Å². The van der Waals surface area contributed by atoms with Crippen LogP contribution in [0.15, 0.2) is 18.2 Å². The molecular weight excluding hydrogens is 205 g/mol. The van der Waals surface area contributed by atoms with Crippen LogP contribution in [0.25, 0.3) is 0 Å². The summed E-state index contributed by atoms with van der Waals surface area (Å²) in [5, 5.41) is 12.5. The van der Waals surface area contributed by atoms with Crippen molar-refractivity contribution >= 4 is 0 Å². The van der Waals surface area contributed by atoms with Gasteiger partial charge in [0.15, 0.2) is 0 Å². The van der Waals surface area contributed by atoms with E-state index in [2.05, 4.69) is 5.32 Å². The van der Waals surface area contributed by atoms with Gasteiger partial charge in [0.05, 0.1) is 6.61 Å². The lowest BCUT2D eigenvalue weighted by Gasteiger charge is -2.20. The van der Waals surface area contributed by atoms with Gasteiger partial charge in [-0.1, -0.05) is 19.1 Å². The van der Waals surface area contributed by atoms with E-state index in [0.29, 0.717) is 0 Å². The average molecular weight is 223 g/mol. The molecule has 3 heteroatoms. The van der Waals surface area contributed by atoms with Crippen molar-refractivity contribution in [2.45, 2.75) is 38.3 Å². The summed E-state index contributed by atoms with van der Waals surface area (Å²) in [5.41, 5.74) is 1.90. The molecule has 2 nitrogen and oxygen atoms in total. The van der Waals surface area contributed by atoms with Crippen molar-refractivity contribution < 1.29 is 9.50 Å². The minimum atomic E-state index is -0.0983. The molecule has 2 N–H and O–H groups in total. The van der Waals surface area contributed by atoms with Crippen LogP contribution in [0.1, 0.15) is 36.9 Å². The van der Waals surface area contributed by atoms with Crippen molar-refractivity contribution in [2.24, 2.45) is 0 Å². The molecule has 0 saturated heterocycles. The van der Waals surface area contributed by atoms with E-state index in [-0.39, 0.29) is 24.5 Å². The number of benzene rings is 1. The van der Waals surface area contributed by atoms with Gasteiger partial charge in [-0.2, -0.15) is 0 Å². The first-order chi connectivity index (χ1) is 7.76. The lowest BCUT2D eigenvalue weighted by atomic mass is 10.1. The molecule has 1 aliphatic rings. The predicted molar refractivity (Wildman–Crippen MR) is 61.8 cm³/mol. The van der Waals surface area contributed by atoms with Gasteiger partial charge in [-0.05, 0) is 36.5 Å². The maximum atomic E-state index is 13.5. The summed E-state index contributed by atoms with van der Waals surface area (Å²) in [6.45, 7) is 2.17. The fraction of sp³-hybridized carbons (Fsp3) is 0.538. The highest BCUT2D eigenvalue weighted by Crippen LogP contribution is 2.32. The van der Waals surface area contributed by atoms with Gasteiger partial charge in [0.1, 0.15) is 5.82 Å². The van der Waals surface area contributed by atoms with Crippen molar-refractivity contribution in [3.63, 3.8) is 0 Å². The third-order valence-corrected chi connectivity index (χ3v) is 3.36. The summed E-state index contributed by atoms with van der Waals surface area (Å²) in [6.07, 6.45) is 2.60. The standard InChI is InChI=1S/C13H18FNO/c1-2-9(8-16)15-13-7-6-10-11(13)4-3-5-12(10)14/h3-5,9,13,15-16H,2,6-8H2,1H3. The first-order valence-electron chi connectivity index (χ1n) is 5.90. The Morgan fingerprint density at radius 1 is 1.56 bits per heavy atom. The minimum absolute atomic E-state index is 0.0983. The van der Waals surface area contributed by atoms with Crippen LogP contribution in [0.5, 0.6) is 0 Å². The fourth-order valence-electron chi connectivity index (χ4n) is 2.37. The molecule has 1 aromatic rings. The van der Waals surface area contributed by atoms with Gasteiger partial charge in [-0.25, -0.2) is 4.39 Å². The molecule has 0 bridgehead atoms. The zero-order valence-electron chi connectivity index (χ0n) is 9.54. The van der Waals surface area contributed by atoms with Crippen molar-refractivity contribution in [3.05, 3.63) is 35.1 Å². The van der Waals surface area contributed by atoms with E-state index < -0.39 is 0 Å². The van der Waals surface area contributed by atoms with E-state index in [1.54, 1.807) is 6.07 Å². The summed E-state index contributed by atoms with van der Waals surface area (Å²) in [5.74, 6) is -0.0983. The van der Waals surface area contributed by atoms with Gasteiger partial charge in [-0.15, -0.1) is 0 Å². The molecule has 2 atom stereocenters. The van der Waals surface area contributed by atoms with Gasteiger partial charge >= 0.3 is 0 Å². The van der Waals surface area contributed by atoms with E-state index >= 15 is 0 Å². The second kappa shape index (κ2) is 4.93. The van der Waals surface area contributed by atoms with Crippen LogP contribution in [-0.4, -0.2) is 17.8 Å². The van der Waals surface area contributed by atoms with E-state index in [1.807, 2.05) is 13.0 Å². The molecule has 1 aromatic carbocycles. The SMILES string of the molecule is CCC(CO)NC1CCc2c(F)cccc21. The lowest BCUT2D eigenvalue weighted by molar-refractivity contribution is 0.227. The minimum Gasteiger partial charge on any atom is -0.395 e. The van der Waals surface area contributed by atoms with Gasteiger partial charge in [0, 0.05) is 12.1 Å². The molecule has 0 heterocycles. The molecule has 88 valence electrons. The Morgan fingerprint density at radius 2 is 2.38 bits per heavy atom. The third kappa shape index (κ3) is 2.11. The molecule has 2 unspecified atom stereocenters. The van der Waals surface area contributed by atoms with Crippen LogP contribution in [-0.2, 0) is 6.42 Å². The van der Waals surface area contributed by atoms with Crippen LogP contribution in [0.2, 0.25) is 0 Å². The summed E-state index contributed by atoms with van der Waals surface area (Å²) in [4.78, 5) is 0. The molecule has 0 aliphatic heterocycles. The number of aliphatic hydroxyl groups is 1. The van der Waals surface area contributed by atoms with E-state index in [0.717, 1.165) is 30.4 Å². The van der Waals surface area contributed by atoms with Crippen molar-refractivity contribution in [1.29, 1.82) is 0 Å². The highest BCUT2D eigenvalue weighted by molar-refractivity contribution is 5.35. The first-order valence-corrected chi connectivity index (χ1v) is 5.90. The number of aliphatic hydroxyl groups excluding tert-OH is 1. The second-order valence-electron chi connectivity index (χ2n) is 4.35.